The van der Waals surface area contributed by atoms with Gasteiger partial charge in [0.2, 0.25) is 0 Å². The molecule has 0 aromatic carbocycles. The van der Waals surface area contributed by atoms with Gasteiger partial charge in [0.1, 0.15) is 19.3 Å². The quantitative estimate of drug-likeness (QED) is 0.0222. The average Bonchev–Trinajstić information content (AvgIpc) is 3.60. The molecule has 2 unspecified atom stereocenters. The van der Waals surface area contributed by atoms with E-state index in [1.165, 1.54) is 135 Å². The normalized spacial score (nSPS) is 14.2. The van der Waals surface area contributed by atoms with Gasteiger partial charge in [-0.2, -0.15) is 0 Å². The monoisotopic (exact) mass is 1240 g/mol. The second-order valence-corrected chi connectivity index (χ2v) is 26.9. The van der Waals surface area contributed by atoms with Crippen molar-refractivity contribution in [2.75, 3.05) is 39.6 Å². The first kappa shape index (κ1) is 82.1. The van der Waals surface area contributed by atoms with E-state index in [1.54, 1.807) is 0 Å². The largest absolute Gasteiger partial charge is 0.472 e. The standard InChI is InChI=1S/C65H126O17P2/c1-6-9-12-15-17-18-19-24-28-31-35-39-44-49-63(68)76-55-61(82-65(70)51-46-41-36-32-29-26-23-21-20-22-25-27-30-34-38-42-47-58(4)5)57-80-84(73,74)78-53-59(66)52-77-83(71,72)79-56-60(54-75-62(67)48-43-37-14-11-8-3)81-64(69)50-45-40-33-16-13-10-7-2/h58-61,66H,6-57H2,1-5H3,(H,71,72)(H,73,74)/t59-,60+,61+/m0/s1. The summed E-state index contributed by atoms with van der Waals surface area (Å²) in [5, 5.41) is 10.5. The van der Waals surface area contributed by atoms with E-state index in [2.05, 4.69) is 34.6 Å². The summed E-state index contributed by atoms with van der Waals surface area (Å²) in [6, 6.07) is 0. The minimum atomic E-state index is -4.94. The fourth-order valence-electron chi connectivity index (χ4n) is 9.76. The third kappa shape index (κ3) is 59.0. The molecule has 84 heavy (non-hydrogen) atoms. The van der Waals surface area contributed by atoms with Crippen molar-refractivity contribution in [1.29, 1.82) is 0 Å². The Hall–Kier alpha value is -1.94. The number of esters is 4. The Morgan fingerprint density at radius 1 is 0.321 bits per heavy atom. The van der Waals surface area contributed by atoms with E-state index in [-0.39, 0.29) is 25.7 Å². The van der Waals surface area contributed by atoms with Crippen LogP contribution in [0.15, 0.2) is 0 Å². The van der Waals surface area contributed by atoms with E-state index in [0.29, 0.717) is 25.7 Å². The number of aliphatic hydroxyl groups is 1. The van der Waals surface area contributed by atoms with Crippen molar-refractivity contribution >= 4 is 39.5 Å². The van der Waals surface area contributed by atoms with Crippen LogP contribution in [-0.4, -0.2) is 96.7 Å². The fraction of sp³-hybridized carbons (Fsp3) is 0.938. The van der Waals surface area contributed by atoms with Crippen LogP contribution < -0.4 is 0 Å². The highest BCUT2D eigenvalue weighted by Gasteiger charge is 2.30. The molecule has 0 rings (SSSR count). The van der Waals surface area contributed by atoms with Gasteiger partial charge in [0.25, 0.3) is 0 Å². The van der Waals surface area contributed by atoms with Crippen LogP contribution in [0.5, 0.6) is 0 Å². The number of unbranched alkanes of at least 4 members (excludes halogenated alkanes) is 37. The Balaban J connectivity index is 5.11. The molecule has 0 radical (unpaired) electrons. The first-order valence-corrected chi connectivity index (χ1v) is 37.1. The maximum Gasteiger partial charge on any atom is 0.472 e. The summed E-state index contributed by atoms with van der Waals surface area (Å²) in [4.78, 5) is 71.9. The molecule has 0 heterocycles. The number of carbonyl (C=O) groups excluding carboxylic acids is 4. The van der Waals surface area contributed by atoms with Gasteiger partial charge in [-0.15, -0.1) is 0 Å². The highest BCUT2D eigenvalue weighted by atomic mass is 31.2. The predicted molar refractivity (Wildman–Crippen MR) is 335 cm³/mol. The number of phosphoric acid groups is 2. The molecule has 0 saturated heterocycles. The van der Waals surface area contributed by atoms with E-state index in [0.717, 1.165) is 115 Å². The summed E-state index contributed by atoms with van der Waals surface area (Å²) in [6.45, 7) is 7.10. The molecule has 3 N–H and O–H groups in total. The highest BCUT2D eigenvalue weighted by molar-refractivity contribution is 7.47. The number of rotatable bonds is 65. The van der Waals surface area contributed by atoms with Crippen molar-refractivity contribution in [3.05, 3.63) is 0 Å². The van der Waals surface area contributed by atoms with Gasteiger partial charge in [-0.25, -0.2) is 9.13 Å². The molecule has 0 saturated carbocycles. The molecule has 0 aliphatic carbocycles. The SMILES string of the molecule is CCCCCCCCCCCCCCCC(=O)OC[C@H](COP(=O)(O)OC[C@@H](O)COP(=O)(O)OC[C@@H](COC(=O)CCCCCCC)OC(=O)CCCCCCCCC)OC(=O)CCCCCCCCCCCCCCCCCCC(C)C. The van der Waals surface area contributed by atoms with Gasteiger partial charge in [-0.1, -0.05) is 279 Å². The van der Waals surface area contributed by atoms with Gasteiger partial charge in [0.05, 0.1) is 26.4 Å². The molecule has 0 aliphatic rings. The van der Waals surface area contributed by atoms with Crippen LogP contribution >= 0.6 is 15.6 Å². The zero-order chi connectivity index (χ0) is 62.0. The Morgan fingerprint density at radius 2 is 0.548 bits per heavy atom. The Labute approximate surface area is 511 Å². The molecule has 5 atom stereocenters. The van der Waals surface area contributed by atoms with E-state index < -0.39 is 97.5 Å². The zero-order valence-corrected chi connectivity index (χ0v) is 55.8. The van der Waals surface area contributed by atoms with Crippen molar-refractivity contribution in [2.45, 2.75) is 348 Å². The van der Waals surface area contributed by atoms with E-state index in [4.69, 9.17) is 37.0 Å². The van der Waals surface area contributed by atoms with Crippen molar-refractivity contribution in [2.24, 2.45) is 5.92 Å². The molecule has 19 heteroatoms. The van der Waals surface area contributed by atoms with Crippen LogP contribution in [0.25, 0.3) is 0 Å². The van der Waals surface area contributed by atoms with Crippen LogP contribution in [0.3, 0.4) is 0 Å². The van der Waals surface area contributed by atoms with Crippen LogP contribution in [0.1, 0.15) is 330 Å². The zero-order valence-electron chi connectivity index (χ0n) is 54.0. The maximum absolute atomic E-state index is 13.0. The minimum Gasteiger partial charge on any atom is -0.462 e. The van der Waals surface area contributed by atoms with E-state index in [9.17, 15) is 43.2 Å². The molecule has 0 spiro atoms. The Kier molecular flexibility index (Phi) is 57.4. The van der Waals surface area contributed by atoms with Crippen molar-refractivity contribution in [3.8, 4) is 0 Å². The lowest BCUT2D eigenvalue weighted by Crippen LogP contribution is -2.30. The summed E-state index contributed by atoms with van der Waals surface area (Å²) >= 11 is 0. The van der Waals surface area contributed by atoms with Gasteiger partial charge in [-0.05, 0) is 31.6 Å². The predicted octanol–water partition coefficient (Wildman–Crippen LogP) is 18.2. The van der Waals surface area contributed by atoms with E-state index >= 15 is 0 Å². The number of ether oxygens (including phenoxy) is 4. The fourth-order valence-corrected chi connectivity index (χ4v) is 11.3. The second kappa shape index (κ2) is 58.7. The number of phosphoric ester groups is 2. The summed E-state index contributed by atoms with van der Waals surface area (Å²) < 4.78 is 67.7. The second-order valence-electron chi connectivity index (χ2n) is 24.0. The van der Waals surface area contributed by atoms with Crippen LogP contribution in [-0.2, 0) is 65.4 Å². The van der Waals surface area contributed by atoms with Crippen LogP contribution in [0.4, 0.5) is 0 Å². The summed E-state index contributed by atoms with van der Waals surface area (Å²) in [7, 11) is -9.87. The molecule has 498 valence electrons. The van der Waals surface area contributed by atoms with Gasteiger partial charge < -0.3 is 33.8 Å². The lowest BCUT2D eigenvalue weighted by Gasteiger charge is -2.21. The molecular formula is C65H126O17P2. The number of carbonyl (C=O) groups is 4. The first-order valence-electron chi connectivity index (χ1n) is 34.1. The van der Waals surface area contributed by atoms with Crippen molar-refractivity contribution < 1.29 is 80.2 Å². The average molecular weight is 1240 g/mol. The Morgan fingerprint density at radius 3 is 0.810 bits per heavy atom. The first-order chi connectivity index (χ1) is 40.5. The molecule has 0 bridgehead atoms. The smallest absolute Gasteiger partial charge is 0.462 e. The summed E-state index contributed by atoms with van der Waals surface area (Å²) in [5.41, 5.74) is 0. The van der Waals surface area contributed by atoms with Crippen LogP contribution in [0.2, 0.25) is 0 Å². The molecule has 0 aromatic rings. The summed E-state index contributed by atoms with van der Waals surface area (Å²) in [6.07, 6.45) is 43.6. The van der Waals surface area contributed by atoms with Crippen molar-refractivity contribution in [1.82, 2.24) is 0 Å². The Bertz CT molecular complexity index is 1640. The lowest BCUT2D eigenvalue weighted by molar-refractivity contribution is -0.161. The molecule has 0 aromatic heterocycles. The number of hydrogen-bond acceptors (Lipinski definition) is 15. The number of aliphatic hydroxyl groups excluding tert-OH is 1. The third-order valence-electron chi connectivity index (χ3n) is 15.0. The van der Waals surface area contributed by atoms with Crippen molar-refractivity contribution in [3.63, 3.8) is 0 Å². The number of hydrogen-bond donors (Lipinski definition) is 3. The maximum atomic E-state index is 13.0. The van der Waals surface area contributed by atoms with Crippen LogP contribution in [0, 0.1) is 5.92 Å². The molecule has 17 nitrogen and oxygen atoms in total. The minimum absolute atomic E-state index is 0.103. The third-order valence-corrected chi connectivity index (χ3v) is 16.9. The topological polar surface area (TPSA) is 237 Å². The van der Waals surface area contributed by atoms with Gasteiger partial charge in [0, 0.05) is 25.7 Å². The van der Waals surface area contributed by atoms with Gasteiger partial charge in [0.15, 0.2) is 12.2 Å². The lowest BCUT2D eigenvalue weighted by atomic mass is 10.0. The summed E-state index contributed by atoms with van der Waals surface area (Å²) in [5.74, 6) is -1.34. The van der Waals surface area contributed by atoms with E-state index in [1.807, 2.05) is 0 Å². The molecule has 0 fully saturated rings. The van der Waals surface area contributed by atoms with Gasteiger partial charge >= 0.3 is 39.5 Å². The highest BCUT2D eigenvalue weighted by Crippen LogP contribution is 2.45. The molecular weight excluding hydrogens is 1110 g/mol. The molecule has 0 aliphatic heterocycles. The van der Waals surface area contributed by atoms with Gasteiger partial charge in [-0.3, -0.25) is 37.3 Å². The molecule has 0 amide bonds.